The predicted molar refractivity (Wildman–Crippen MR) is 134 cm³/mol. The number of anilines is 2. The molecule has 0 radical (unpaired) electrons. The van der Waals surface area contributed by atoms with Crippen LogP contribution in [0.2, 0.25) is 0 Å². The topological polar surface area (TPSA) is 68.2 Å². The molecule has 0 saturated carbocycles. The number of alkyl halides is 3. The van der Waals surface area contributed by atoms with Gasteiger partial charge in [0.05, 0.1) is 5.56 Å². The summed E-state index contributed by atoms with van der Waals surface area (Å²) in [5.41, 5.74) is -0.390. The molecule has 200 valence electrons. The molecule has 0 spiro atoms. The van der Waals surface area contributed by atoms with Crippen molar-refractivity contribution in [2.24, 2.45) is 5.18 Å². The van der Waals surface area contributed by atoms with Gasteiger partial charge in [-0.15, -0.1) is 4.91 Å². The number of halogens is 4. The van der Waals surface area contributed by atoms with Crippen molar-refractivity contribution >= 4 is 23.0 Å². The number of likely N-dealkylation sites (tertiary alicyclic amines) is 1. The van der Waals surface area contributed by atoms with Gasteiger partial charge in [-0.1, -0.05) is 0 Å². The third-order valence-corrected chi connectivity index (χ3v) is 7.05. The highest BCUT2D eigenvalue weighted by Gasteiger charge is 2.34. The zero-order chi connectivity index (χ0) is 26.4. The fourth-order valence-electron chi connectivity index (χ4n) is 4.93. The zero-order valence-corrected chi connectivity index (χ0v) is 20.5. The number of nitroso groups, excluding NO2 is 1. The van der Waals surface area contributed by atoms with Crippen molar-refractivity contribution in [1.82, 2.24) is 9.80 Å². The highest BCUT2D eigenvalue weighted by Crippen LogP contribution is 2.38. The number of carbonyl (C=O) groups excluding carboxylic acids is 1. The molecule has 2 saturated heterocycles. The molecule has 1 amide bonds. The first-order chi connectivity index (χ1) is 17.7. The van der Waals surface area contributed by atoms with Gasteiger partial charge in [0.15, 0.2) is 0 Å². The van der Waals surface area contributed by atoms with E-state index >= 15 is 0 Å². The van der Waals surface area contributed by atoms with Crippen LogP contribution in [0.15, 0.2) is 47.6 Å². The van der Waals surface area contributed by atoms with Crippen LogP contribution in [0.25, 0.3) is 0 Å². The van der Waals surface area contributed by atoms with Crippen LogP contribution in [0.1, 0.15) is 31.2 Å². The largest absolute Gasteiger partial charge is 0.418 e. The van der Waals surface area contributed by atoms with E-state index in [4.69, 9.17) is 0 Å². The Morgan fingerprint density at radius 2 is 1.65 bits per heavy atom. The van der Waals surface area contributed by atoms with Crippen LogP contribution < -0.4 is 10.2 Å². The minimum Gasteiger partial charge on any atom is -0.382 e. The first-order valence-electron chi connectivity index (χ1n) is 12.5. The third kappa shape index (κ3) is 7.18. The lowest BCUT2D eigenvalue weighted by Gasteiger charge is -2.36. The summed E-state index contributed by atoms with van der Waals surface area (Å²) in [6, 6.07) is 9.87. The summed E-state index contributed by atoms with van der Waals surface area (Å²) in [7, 11) is 0. The quantitative estimate of drug-likeness (QED) is 0.380. The van der Waals surface area contributed by atoms with Gasteiger partial charge in [-0.3, -0.25) is 9.69 Å². The molecule has 0 atom stereocenters. The zero-order valence-electron chi connectivity index (χ0n) is 20.5. The van der Waals surface area contributed by atoms with Gasteiger partial charge in [0, 0.05) is 63.1 Å². The molecule has 2 aromatic carbocycles. The molecule has 2 heterocycles. The number of hydrogen-bond donors (Lipinski definition) is 1. The molecule has 1 N–H and O–H groups in total. The highest BCUT2D eigenvalue weighted by atomic mass is 19.4. The van der Waals surface area contributed by atoms with Crippen molar-refractivity contribution in [2.75, 3.05) is 56.0 Å². The summed E-state index contributed by atoms with van der Waals surface area (Å²) in [6.45, 7) is 5.44. The van der Waals surface area contributed by atoms with Gasteiger partial charge in [-0.2, -0.15) is 13.2 Å². The molecule has 2 aliphatic heterocycles. The Hall–Kier alpha value is -3.21. The van der Waals surface area contributed by atoms with E-state index in [-0.39, 0.29) is 23.5 Å². The summed E-state index contributed by atoms with van der Waals surface area (Å²) >= 11 is 0. The number of rotatable bonds is 8. The van der Waals surface area contributed by atoms with Gasteiger partial charge in [-0.25, -0.2) is 4.39 Å². The molecule has 0 aromatic heterocycles. The normalized spacial score (nSPS) is 17.6. The van der Waals surface area contributed by atoms with Crippen molar-refractivity contribution in [3.63, 3.8) is 0 Å². The average Bonchev–Trinajstić information content (AvgIpc) is 2.89. The number of benzene rings is 2. The van der Waals surface area contributed by atoms with Crippen LogP contribution in [0.4, 0.5) is 34.6 Å². The Morgan fingerprint density at radius 3 is 2.27 bits per heavy atom. The van der Waals surface area contributed by atoms with Gasteiger partial charge < -0.3 is 15.1 Å². The maximum absolute atomic E-state index is 13.2. The molecule has 0 aliphatic carbocycles. The monoisotopic (exact) mass is 521 g/mol. The van der Waals surface area contributed by atoms with Crippen molar-refractivity contribution in [2.45, 2.75) is 37.9 Å². The smallest absolute Gasteiger partial charge is 0.382 e. The lowest BCUT2D eigenvalue weighted by atomic mass is 10.0. The van der Waals surface area contributed by atoms with Crippen LogP contribution in [0, 0.1) is 10.7 Å². The van der Waals surface area contributed by atoms with E-state index in [1.54, 1.807) is 12.1 Å². The molecule has 0 bridgehead atoms. The van der Waals surface area contributed by atoms with E-state index < -0.39 is 17.4 Å². The molecule has 2 aromatic rings. The summed E-state index contributed by atoms with van der Waals surface area (Å²) in [4.78, 5) is 29.8. The first-order valence-corrected chi connectivity index (χ1v) is 12.5. The number of hydrogen-bond acceptors (Lipinski definition) is 6. The lowest BCUT2D eigenvalue weighted by Crippen LogP contribution is -2.47. The van der Waals surface area contributed by atoms with Crippen molar-refractivity contribution in [1.29, 1.82) is 0 Å². The van der Waals surface area contributed by atoms with Crippen LogP contribution in [-0.4, -0.2) is 67.6 Å². The van der Waals surface area contributed by atoms with E-state index in [1.165, 1.54) is 18.2 Å². The van der Waals surface area contributed by atoms with Crippen LogP contribution in [0.3, 0.4) is 0 Å². The second kappa shape index (κ2) is 11.9. The molecule has 37 heavy (non-hydrogen) atoms. The van der Waals surface area contributed by atoms with E-state index in [1.807, 2.05) is 4.90 Å². The van der Waals surface area contributed by atoms with Crippen molar-refractivity contribution in [3.8, 4) is 0 Å². The van der Waals surface area contributed by atoms with Crippen LogP contribution in [-0.2, 0) is 11.0 Å². The number of piperidine rings is 1. The summed E-state index contributed by atoms with van der Waals surface area (Å²) in [5.74, 6) is -0.139. The molecular weight excluding hydrogens is 490 g/mol. The molecule has 2 fully saturated rings. The van der Waals surface area contributed by atoms with Crippen LogP contribution >= 0.6 is 0 Å². The van der Waals surface area contributed by atoms with Gasteiger partial charge in [-0.05, 0) is 73.4 Å². The number of nitrogens with zero attached hydrogens (tertiary/aromatic N) is 4. The summed E-state index contributed by atoms with van der Waals surface area (Å²) in [5, 5.41) is 5.57. The molecule has 2 aliphatic rings. The molecular formula is C26H31F4N5O2. The maximum atomic E-state index is 13.2. The van der Waals surface area contributed by atoms with E-state index in [0.29, 0.717) is 32.4 Å². The molecule has 4 rings (SSSR count). The Morgan fingerprint density at radius 1 is 0.973 bits per heavy atom. The van der Waals surface area contributed by atoms with Gasteiger partial charge in [0.25, 0.3) is 0 Å². The van der Waals surface area contributed by atoms with E-state index in [9.17, 15) is 27.3 Å². The first kappa shape index (κ1) is 26.8. The van der Waals surface area contributed by atoms with Crippen molar-refractivity contribution < 1.29 is 22.4 Å². The predicted octanol–water partition coefficient (Wildman–Crippen LogP) is 5.25. The van der Waals surface area contributed by atoms with Crippen molar-refractivity contribution in [3.05, 3.63) is 58.8 Å². The lowest BCUT2D eigenvalue weighted by molar-refractivity contribution is -0.137. The Bertz CT molecular complexity index is 1060. The second-order valence-electron chi connectivity index (χ2n) is 9.53. The summed E-state index contributed by atoms with van der Waals surface area (Å²) < 4.78 is 52.6. The Labute approximate surface area is 213 Å². The van der Waals surface area contributed by atoms with Crippen LogP contribution in [0.5, 0.6) is 0 Å². The van der Waals surface area contributed by atoms with E-state index in [0.717, 1.165) is 57.0 Å². The number of nitrogens with one attached hydrogen (secondary N) is 1. The van der Waals surface area contributed by atoms with Gasteiger partial charge >= 0.3 is 6.18 Å². The fourth-order valence-corrected chi connectivity index (χ4v) is 4.93. The fraction of sp³-hybridized carbons (Fsp3) is 0.500. The average molecular weight is 522 g/mol. The maximum Gasteiger partial charge on any atom is 0.418 e. The molecule has 0 unspecified atom stereocenters. The minimum atomic E-state index is -4.66. The number of amides is 1. The standard InChI is InChI=1S/C26H31F4N5O2/c27-19-3-6-22(7-4-19)34-16-14-33(15-17-34)11-1-2-25(36)35-12-9-20(10-13-35)31-21-5-8-24(32-37)23(18-21)26(28,29)30/h3-8,18,20,31H,1-2,9-17H2. The molecule has 11 heteroatoms. The number of carbonyl (C=O) groups is 1. The Kier molecular flexibility index (Phi) is 8.63. The second-order valence-corrected chi connectivity index (χ2v) is 9.53. The SMILES string of the molecule is O=Nc1ccc(NC2CCN(C(=O)CCCN3CCN(c4ccc(F)cc4)CC3)CC2)cc1C(F)(F)F. The Balaban J connectivity index is 1.15. The highest BCUT2D eigenvalue weighted by molar-refractivity contribution is 5.76. The summed E-state index contributed by atoms with van der Waals surface area (Å²) in [6.07, 6.45) is -2.17. The number of piperazine rings is 1. The molecule has 7 nitrogen and oxygen atoms in total. The minimum absolute atomic E-state index is 0.0578. The van der Waals surface area contributed by atoms with E-state index in [2.05, 4.69) is 20.3 Å². The third-order valence-electron chi connectivity index (χ3n) is 7.05. The van der Waals surface area contributed by atoms with Gasteiger partial charge in [0.2, 0.25) is 5.91 Å². The van der Waals surface area contributed by atoms with Gasteiger partial charge in [0.1, 0.15) is 11.5 Å².